The highest BCUT2D eigenvalue weighted by atomic mass is 35.5. The minimum atomic E-state index is -0.774. The molecule has 9 heteroatoms. The summed E-state index contributed by atoms with van der Waals surface area (Å²) in [5.41, 5.74) is 9.77. The number of halogens is 1. The van der Waals surface area contributed by atoms with Crippen molar-refractivity contribution in [1.82, 2.24) is 10.3 Å². The van der Waals surface area contributed by atoms with Gasteiger partial charge in [0.1, 0.15) is 22.6 Å². The van der Waals surface area contributed by atoms with Crippen molar-refractivity contribution in [2.24, 2.45) is 5.73 Å². The van der Waals surface area contributed by atoms with Gasteiger partial charge in [0.15, 0.2) is 16.9 Å². The van der Waals surface area contributed by atoms with E-state index in [1.54, 1.807) is 32.0 Å². The van der Waals surface area contributed by atoms with Crippen molar-refractivity contribution in [1.29, 1.82) is 0 Å². The van der Waals surface area contributed by atoms with E-state index >= 15 is 0 Å². The lowest BCUT2D eigenvalue weighted by molar-refractivity contribution is 0.0944. The number of aryl methyl sites for hydroxylation is 1. The second-order valence-corrected chi connectivity index (χ2v) is 9.49. The molecule has 0 fully saturated rings. The number of nitrogens with one attached hydrogen (secondary N) is 1. The maximum absolute atomic E-state index is 13.5. The first kappa shape index (κ1) is 24.5. The van der Waals surface area contributed by atoms with Crippen LogP contribution in [0.1, 0.15) is 56.1 Å². The first-order valence-corrected chi connectivity index (χ1v) is 12.1. The van der Waals surface area contributed by atoms with Crippen molar-refractivity contribution >= 4 is 34.4 Å². The maximum Gasteiger partial charge on any atom is 0.271 e. The molecule has 5 rings (SSSR count). The highest BCUT2D eigenvalue weighted by Crippen LogP contribution is 2.34. The van der Waals surface area contributed by atoms with Gasteiger partial charge in [-0.25, -0.2) is 4.98 Å². The molecule has 8 nitrogen and oxygen atoms in total. The standard InChI is InChI=1S/C28H24ClN3O5/c1-13-10-19(15(3)36-21-6-7-22(29)32-23(21)27(30)34)26-20(11-13)24(33)14(2)25(37-26)17-4-5-18-16(12-17)8-9-31-28(18)35/h4-7,10-12,15H,8-9H2,1-3H3,(H2,30,34)(H,31,35)/t15-/m1/s1. The minimum absolute atomic E-state index is 0.0904. The Kier molecular flexibility index (Phi) is 6.21. The fourth-order valence-corrected chi connectivity index (χ4v) is 4.81. The monoisotopic (exact) mass is 517 g/mol. The van der Waals surface area contributed by atoms with E-state index in [9.17, 15) is 14.4 Å². The lowest BCUT2D eigenvalue weighted by Crippen LogP contribution is -2.31. The van der Waals surface area contributed by atoms with Gasteiger partial charge in [0.05, 0.1) is 5.39 Å². The van der Waals surface area contributed by atoms with Gasteiger partial charge in [-0.15, -0.1) is 0 Å². The fourth-order valence-electron chi connectivity index (χ4n) is 4.66. The van der Waals surface area contributed by atoms with E-state index in [0.717, 1.165) is 11.1 Å². The Balaban J connectivity index is 1.65. The molecule has 37 heavy (non-hydrogen) atoms. The molecular weight excluding hydrogens is 494 g/mol. The van der Waals surface area contributed by atoms with Gasteiger partial charge in [0, 0.05) is 28.8 Å². The highest BCUT2D eigenvalue weighted by molar-refractivity contribution is 6.29. The van der Waals surface area contributed by atoms with E-state index < -0.39 is 12.0 Å². The van der Waals surface area contributed by atoms with E-state index in [2.05, 4.69) is 10.3 Å². The molecule has 0 saturated carbocycles. The summed E-state index contributed by atoms with van der Waals surface area (Å²) in [5, 5.41) is 3.37. The molecule has 3 N–H and O–H groups in total. The van der Waals surface area contributed by atoms with Gasteiger partial charge in [-0.2, -0.15) is 0 Å². The van der Waals surface area contributed by atoms with Gasteiger partial charge in [-0.05, 0) is 74.7 Å². The number of hydrogen-bond donors (Lipinski definition) is 2. The zero-order valence-corrected chi connectivity index (χ0v) is 21.2. The van der Waals surface area contributed by atoms with Crippen LogP contribution in [0.15, 0.2) is 51.7 Å². The number of fused-ring (bicyclic) bond motifs is 2. The quantitative estimate of drug-likeness (QED) is 0.371. The molecular formula is C28H24ClN3O5. The number of hydrogen-bond acceptors (Lipinski definition) is 6. The average molecular weight is 518 g/mol. The van der Waals surface area contributed by atoms with Crippen LogP contribution >= 0.6 is 11.6 Å². The minimum Gasteiger partial charge on any atom is -0.483 e. The summed E-state index contributed by atoms with van der Waals surface area (Å²) in [6, 6.07) is 12.1. The number of benzene rings is 2. The molecule has 1 aliphatic heterocycles. The molecule has 1 atom stereocenters. The second-order valence-electron chi connectivity index (χ2n) is 9.10. The lowest BCUT2D eigenvalue weighted by atomic mass is 9.95. The number of nitrogens with two attached hydrogens (primary N) is 1. The van der Waals surface area contributed by atoms with Crippen LogP contribution in [0.3, 0.4) is 0 Å². The van der Waals surface area contributed by atoms with Crippen molar-refractivity contribution in [3.05, 3.63) is 91.4 Å². The van der Waals surface area contributed by atoms with Crippen LogP contribution in [0.5, 0.6) is 5.75 Å². The second kappa shape index (κ2) is 9.37. The summed E-state index contributed by atoms with van der Waals surface area (Å²) in [7, 11) is 0. The van der Waals surface area contributed by atoms with Crippen LogP contribution in [0, 0.1) is 13.8 Å². The molecule has 2 amide bonds. The Morgan fingerprint density at radius 3 is 2.70 bits per heavy atom. The van der Waals surface area contributed by atoms with E-state index in [1.165, 1.54) is 12.1 Å². The van der Waals surface area contributed by atoms with Crippen molar-refractivity contribution in [2.45, 2.75) is 33.3 Å². The topological polar surface area (TPSA) is 125 Å². The van der Waals surface area contributed by atoms with Gasteiger partial charge in [0.25, 0.3) is 11.8 Å². The molecule has 0 saturated heterocycles. The number of amides is 2. The van der Waals surface area contributed by atoms with Gasteiger partial charge in [-0.3, -0.25) is 14.4 Å². The molecule has 188 valence electrons. The number of carbonyl (C=O) groups is 2. The largest absolute Gasteiger partial charge is 0.483 e. The fraction of sp³-hybridized carbons (Fsp3) is 0.214. The average Bonchev–Trinajstić information content (AvgIpc) is 2.87. The summed E-state index contributed by atoms with van der Waals surface area (Å²) in [5.74, 6) is -0.291. The van der Waals surface area contributed by atoms with E-state index in [4.69, 9.17) is 26.5 Å². The summed E-state index contributed by atoms with van der Waals surface area (Å²) < 4.78 is 12.5. The van der Waals surface area contributed by atoms with Gasteiger partial charge in [-0.1, -0.05) is 17.7 Å². The van der Waals surface area contributed by atoms with Gasteiger partial charge < -0.3 is 20.2 Å². The van der Waals surface area contributed by atoms with Gasteiger partial charge >= 0.3 is 0 Å². The first-order chi connectivity index (χ1) is 17.6. The first-order valence-electron chi connectivity index (χ1n) is 11.8. The van der Waals surface area contributed by atoms with Crippen LogP contribution in [0.25, 0.3) is 22.3 Å². The van der Waals surface area contributed by atoms with Crippen LogP contribution in [-0.2, 0) is 6.42 Å². The summed E-state index contributed by atoms with van der Waals surface area (Å²) >= 11 is 5.93. The van der Waals surface area contributed by atoms with Crippen LogP contribution in [0.4, 0.5) is 0 Å². The molecule has 0 spiro atoms. The normalized spacial score (nSPS) is 13.7. The lowest BCUT2D eigenvalue weighted by Gasteiger charge is -2.20. The number of ether oxygens (including phenoxy) is 1. The Hall–Kier alpha value is -4.17. The maximum atomic E-state index is 13.5. The molecule has 0 radical (unpaired) electrons. The number of rotatable bonds is 5. The number of nitrogens with zero attached hydrogens (tertiary/aromatic N) is 1. The predicted octanol–water partition coefficient (Wildman–Crippen LogP) is 4.65. The third-order valence-electron chi connectivity index (χ3n) is 6.48. The smallest absolute Gasteiger partial charge is 0.271 e. The third kappa shape index (κ3) is 4.44. The number of carbonyl (C=O) groups excluding carboxylic acids is 2. The number of aromatic nitrogens is 1. The summed E-state index contributed by atoms with van der Waals surface area (Å²) in [4.78, 5) is 41.5. The van der Waals surface area contributed by atoms with Crippen molar-refractivity contribution < 1.29 is 18.7 Å². The van der Waals surface area contributed by atoms with Crippen LogP contribution in [0.2, 0.25) is 5.15 Å². The van der Waals surface area contributed by atoms with Gasteiger partial charge in [0.2, 0.25) is 0 Å². The van der Waals surface area contributed by atoms with E-state index in [0.29, 0.717) is 51.9 Å². The molecule has 2 aromatic carbocycles. The summed E-state index contributed by atoms with van der Waals surface area (Å²) in [6.07, 6.45) is 0.0627. The SMILES string of the molecule is Cc1cc([C@@H](C)Oc2ccc(Cl)nc2C(N)=O)c2oc(-c3ccc4c(c3)CCNC4=O)c(C)c(=O)c2c1. The molecule has 0 unspecified atom stereocenters. The molecule has 2 aromatic heterocycles. The van der Waals surface area contributed by atoms with E-state index in [1.807, 2.05) is 19.1 Å². The van der Waals surface area contributed by atoms with E-state index in [-0.39, 0.29) is 27.9 Å². The third-order valence-corrected chi connectivity index (χ3v) is 6.69. The Labute approximate surface area is 217 Å². The molecule has 0 aliphatic carbocycles. The zero-order chi connectivity index (χ0) is 26.4. The zero-order valence-electron chi connectivity index (χ0n) is 20.5. The number of primary amides is 1. The summed E-state index contributed by atoms with van der Waals surface area (Å²) in [6.45, 7) is 5.95. The van der Waals surface area contributed by atoms with Crippen molar-refractivity contribution in [3.63, 3.8) is 0 Å². The van der Waals surface area contributed by atoms with Crippen molar-refractivity contribution in [2.75, 3.05) is 6.54 Å². The Morgan fingerprint density at radius 2 is 1.95 bits per heavy atom. The Bertz CT molecular complexity index is 1660. The molecule has 0 bridgehead atoms. The molecule has 1 aliphatic rings. The predicted molar refractivity (Wildman–Crippen MR) is 140 cm³/mol. The molecule has 3 heterocycles. The van der Waals surface area contributed by atoms with Crippen molar-refractivity contribution in [3.8, 4) is 17.1 Å². The highest BCUT2D eigenvalue weighted by Gasteiger charge is 2.23. The van der Waals surface area contributed by atoms with Crippen LogP contribution < -0.4 is 21.2 Å². The molecule has 4 aromatic rings. The van der Waals surface area contributed by atoms with Crippen LogP contribution in [-0.4, -0.2) is 23.3 Å². The number of pyridine rings is 1. The Morgan fingerprint density at radius 1 is 1.16 bits per heavy atom.